The van der Waals surface area contributed by atoms with Gasteiger partial charge in [-0.3, -0.25) is 4.79 Å². The molecule has 2 aliphatic carbocycles. The van der Waals surface area contributed by atoms with Gasteiger partial charge in [-0.1, -0.05) is 64.5 Å². The van der Waals surface area contributed by atoms with Gasteiger partial charge in [-0.05, 0) is 72.2 Å². The highest BCUT2D eigenvalue weighted by atomic mass is 79.9. The summed E-state index contributed by atoms with van der Waals surface area (Å²) in [7, 11) is 1.69. The highest BCUT2D eigenvalue weighted by molar-refractivity contribution is 9.10. The minimum atomic E-state index is -1.27. The number of carbonyl (C=O) groups is 1. The number of carbonyl (C=O) groups excluding carboxylic acids is 1. The zero-order valence-electron chi connectivity index (χ0n) is 16.9. The fraction of sp³-hybridized carbons (Fsp3) is 0.192. The van der Waals surface area contributed by atoms with E-state index in [4.69, 9.17) is 4.74 Å². The number of ether oxygens (including phenoxy) is 1. The zero-order chi connectivity index (χ0) is 21.4. The Kier molecular flexibility index (Phi) is 5.27. The molecule has 0 amide bonds. The molecule has 2 aromatic rings. The summed E-state index contributed by atoms with van der Waals surface area (Å²) < 4.78 is 6.98. The molecule has 0 saturated heterocycles. The van der Waals surface area contributed by atoms with Gasteiger partial charge in [0.15, 0.2) is 5.78 Å². The third-order valence-corrected chi connectivity index (χ3v) is 6.49. The first-order valence-corrected chi connectivity index (χ1v) is 10.6. The van der Waals surface area contributed by atoms with Gasteiger partial charge < -0.3 is 9.84 Å². The van der Waals surface area contributed by atoms with E-state index < -0.39 is 11.2 Å². The van der Waals surface area contributed by atoms with Crippen LogP contribution in [0.3, 0.4) is 0 Å². The Morgan fingerprint density at radius 3 is 1.80 bits per heavy atom. The number of methoxy groups -OCH3 is 1. The molecule has 0 heterocycles. The van der Waals surface area contributed by atoms with Crippen molar-refractivity contribution in [3.8, 4) is 0 Å². The third-order valence-electron chi connectivity index (χ3n) is 5.96. The van der Waals surface area contributed by atoms with Crippen molar-refractivity contribution in [2.24, 2.45) is 0 Å². The molecule has 1 N–H and O–H groups in total. The third kappa shape index (κ3) is 3.67. The number of hydrogen-bond acceptors (Lipinski definition) is 3. The Labute approximate surface area is 185 Å². The van der Waals surface area contributed by atoms with E-state index in [-0.39, 0.29) is 11.2 Å². The Morgan fingerprint density at radius 2 is 1.27 bits per heavy atom. The molecule has 0 unspecified atom stereocenters. The molecule has 30 heavy (non-hydrogen) atoms. The van der Waals surface area contributed by atoms with Crippen molar-refractivity contribution in [1.29, 1.82) is 0 Å². The van der Waals surface area contributed by atoms with Crippen LogP contribution in [-0.4, -0.2) is 18.0 Å². The first-order valence-electron chi connectivity index (χ1n) is 9.76. The van der Waals surface area contributed by atoms with Crippen molar-refractivity contribution < 1.29 is 14.6 Å². The van der Waals surface area contributed by atoms with Gasteiger partial charge in [0.2, 0.25) is 0 Å². The summed E-state index contributed by atoms with van der Waals surface area (Å²) >= 11 is 3.49. The molecule has 4 rings (SSSR count). The lowest BCUT2D eigenvalue weighted by atomic mass is 9.75. The number of allylic oxidation sites excluding steroid dienone is 4. The molecular formula is C26H23BrO3. The van der Waals surface area contributed by atoms with Crippen LogP contribution in [0.1, 0.15) is 23.6 Å². The zero-order valence-corrected chi connectivity index (χ0v) is 18.5. The van der Waals surface area contributed by atoms with Gasteiger partial charge in [0, 0.05) is 17.0 Å². The lowest BCUT2D eigenvalue weighted by Crippen LogP contribution is -2.30. The lowest BCUT2D eigenvalue weighted by Gasteiger charge is -2.35. The van der Waals surface area contributed by atoms with E-state index in [1.807, 2.05) is 36.4 Å². The average Bonchev–Trinajstić information content (AvgIpc) is 2.77. The lowest BCUT2D eigenvalue weighted by molar-refractivity contribution is -0.110. The Hall–Kier alpha value is -2.53. The first-order chi connectivity index (χ1) is 14.3. The molecule has 0 radical (unpaired) electrons. The highest BCUT2D eigenvalue weighted by Crippen LogP contribution is 2.40. The van der Waals surface area contributed by atoms with Gasteiger partial charge in [-0.2, -0.15) is 0 Å². The maximum absolute atomic E-state index is 11.4. The van der Waals surface area contributed by atoms with E-state index in [0.717, 1.165) is 10.0 Å². The molecule has 0 aliphatic heterocycles. The van der Waals surface area contributed by atoms with Crippen LogP contribution in [0.5, 0.6) is 0 Å². The molecule has 152 valence electrons. The minimum absolute atomic E-state index is 0.124. The summed E-state index contributed by atoms with van der Waals surface area (Å²) in [6.45, 7) is 2.17. The molecule has 2 aromatic carbocycles. The van der Waals surface area contributed by atoms with Crippen LogP contribution in [0, 0.1) is 0 Å². The van der Waals surface area contributed by atoms with Gasteiger partial charge in [0.25, 0.3) is 0 Å². The van der Waals surface area contributed by atoms with E-state index in [1.54, 1.807) is 7.11 Å². The smallest absolute Gasteiger partial charge is 0.178 e. The largest absolute Gasteiger partial charge is 0.377 e. The number of halogens is 1. The van der Waals surface area contributed by atoms with E-state index in [2.05, 4.69) is 59.3 Å². The molecular weight excluding hydrogens is 440 g/mol. The molecule has 0 spiro atoms. The minimum Gasteiger partial charge on any atom is -0.377 e. The monoisotopic (exact) mass is 462 g/mol. The van der Waals surface area contributed by atoms with E-state index in [1.165, 1.54) is 29.9 Å². The standard InChI is InChI=1S/C26H23BrO3/c1-24(19-7-9-22(27)10-8-19)15-17-26(30-2,18-16-24)21-5-3-20(4-6-21)25(29)13-11-23(28)12-14-25/h3-18,29H,1-2H3. The number of ketones is 1. The molecule has 0 bridgehead atoms. The number of aliphatic hydroxyl groups is 1. The second kappa shape index (κ2) is 7.62. The normalized spacial score (nSPS) is 26.9. The molecule has 0 atom stereocenters. The number of rotatable bonds is 4. The summed E-state index contributed by atoms with van der Waals surface area (Å²) in [5.41, 5.74) is 0.687. The maximum atomic E-state index is 11.4. The second-order valence-corrected chi connectivity index (χ2v) is 8.84. The van der Waals surface area contributed by atoms with Crippen molar-refractivity contribution >= 4 is 21.7 Å². The first kappa shape index (κ1) is 20.7. The van der Waals surface area contributed by atoms with E-state index >= 15 is 0 Å². The Bertz CT molecular complexity index is 1040. The summed E-state index contributed by atoms with van der Waals surface area (Å²) in [6.07, 6.45) is 14.3. The van der Waals surface area contributed by atoms with Crippen molar-refractivity contribution in [3.63, 3.8) is 0 Å². The van der Waals surface area contributed by atoms with Gasteiger partial charge in [-0.15, -0.1) is 0 Å². The SMILES string of the molecule is COC1(c2ccc(C3(O)C=CC(=O)C=C3)cc2)C=CC(C)(c2ccc(Br)cc2)C=C1. The predicted octanol–water partition coefficient (Wildman–Crippen LogP) is 5.26. The summed E-state index contributed by atoms with van der Waals surface area (Å²) in [6, 6.07) is 16.0. The van der Waals surface area contributed by atoms with Crippen LogP contribution in [0.25, 0.3) is 0 Å². The van der Waals surface area contributed by atoms with Gasteiger partial charge in [0.1, 0.15) is 11.2 Å². The Morgan fingerprint density at radius 1 is 0.767 bits per heavy atom. The second-order valence-electron chi connectivity index (χ2n) is 7.93. The van der Waals surface area contributed by atoms with Crippen LogP contribution in [0.4, 0.5) is 0 Å². The maximum Gasteiger partial charge on any atom is 0.178 e. The van der Waals surface area contributed by atoms with E-state index in [0.29, 0.717) is 5.56 Å². The average molecular weight is 463 g/mol. The van der Waals surface area contributed by atoms with Crippen molar-refractivity contribution in [1.82, 2.24) is 0 Å². The van der Waals surface area contributed by atoms with Gasteiger partial charge in [-0.25, -0.2) is 0 Å². The van der Waals surface area contributed by atoms with Gasteiger partial charge in [0.05, 0.1) is 0 Å². The van der Waals surface area contributed by atoms with Crippen LogP contribution >= 0.6 is 15.9 Å². The van der Waals surface area contributed by atoms with E-state index in [9.17, 15) is 9.90 Å². The fourth-order valence-corrected chi connectivity index (χ4v) is 4.14. The van der Waals surface area contributed by atoms with Crippen molar-refractivity contribution in [3.05, 3.63) is 118 Å². The predicted molar refractivity (Wildman–Crippen MR) is 122 cm³/mol. The van der Waals surface area contributed by atoms with Crippen LogP contribution < -0.4 is 0 Å². The summed E-state index contributed by atoms with van der Waals surface area (Å²) in [5, 5.41) is 10.8. The topological polar surface area (TPSA) is 46.5 Å². The van der Waals surface area contributed by atoms with Crippen LogP contribution in [0.2, 0.25) is 0 Å². The molecule has 0 fully saturated rings. The van der Waals surface area contributed by atoms with Crippen LogP contribution in [0.15, 0.2) is 102 Å². The van der Waals surface area contributed by atoms with Crippen molar-refractivity contribution in [2.45, 2.75) is 23.5 Å². The highest BCUT2D eigenvalue weighted by Gasteiger charge is 2.34. The van der Waals surface area contributed by atoms with Crippen molar-refractivity contribution in [2.75, 3.05) is 7.11 Å². The number of benzene rings is 2. The molecule has 0 saturated carbocycles. The summed E-state index contributed by atoms with van der Waals surface area (Å²) in [5.74, 6) is -0.124. The fourth-order valence-electron chi connectivity index (χ4n) is 3.87. The summed E-state index contributed by atoms with van der Waals surface area (Å²) in [4.78, 5) is 11.4. The van der Waals surface area contributed by atoms with Gasteiger partial charge >= 0.3 is 0 Å². The molecule has 0 aromatic heterocycles. The molecule has 4 heteroatoms. The molecule has 3 nitrogen and oxygen atoms in total. The Balaban J connectivity index is 1.63. The quantitative estimate of drug-likeness (QED) is 0.630. The molecule has 2 aliphatic rings. The van der Waals surface area contributed by atoms with Crippen LogP contribution in [-0.2, 0) is 26.1 Å². The number of hydrogen-bond donors (Lipinski definition) is 1.